The largest absolute Gasteiger partial charge is 0.319 e. The van der Waals surface area contributed by atoms with Gasteiger partial charge in [-0.3, -0.25) is 4.79 Å². The molecular formula is C22H20ClN3O3S3. The number of sulfonamides is 1. The van der Waals surface area contributed by atoms with Gasteiger partial charge in [0.2, 0.25) is 0 Å². The second-order valence-electron chi connectivity index (χ2n) is 7.77. The molecule has 0 radical (unpaired) electrons. The summed E-state index contributed by atoms with van der Waals surface area (Å²) in [6, 6.07) is 15.4. The normalized spacial score (nSPS) is 16.9. The van der Waals surface area contributed by atoms with Crippen LogP contribution in [0.5, 0.6) is 0 Å². The number of halogens is 1. The number of fused-ring (bicyclic) bond motifs is 3. The molecule has 4 aromatic rings. The Kier molecular flexibility index (Phi) is 5.71. The smallest absolute Gasteiger partial charge is 0.252 e. The third-order valence-corrected chi connectivity index (χ3v) is 10.6. The highest BCUT2D eigenvalue weighted by atomic mass is 35.5. The van der Waals surface area contributed by atoms with E-state index in [0.717, 1.165) is 32.3 Å². The molecule has 166 valence electrons. The predicted molar refractivity (Wildman–Crippen MR) is 130 cm³/mol. The fourth-order valence-electron chi connectivity index (χ4n) is 4.06. The Morgan fingerprint density at radius 1 is 1.06 bits per heavy atom. The lowest BCUT2D eigenvalue weighted by atomic mass is 9.98. The molecule has 0 spiro atoms. The van der Waals surface area contributed by atoms with Crippen molar-refractivity contribution in [3.8, 4) is 0 Å². The highest BCUT2D eigenvalue weighted by molar-refractivity contribution is 7.91. The molecule has 0 N–H and O–H groups in total. The first-order valence-corrected chi connectivity index (χ1v) is 13.6. The van der Waals surface area contributed by atoms with Gasteiger partial charge >= 0.3 is 0 Å². The summed E-state index contributed by atoms with van der Waals surface area (Å²) in [6.07, 6.45) is 0.913. The first kappa shape index (κ1) is 21.8. The molecule has 1 saturated heterocycles. The van der Waals surface area contributed by atoms with E-state index in [9.17, 15) is 13.2 Å². The molecule has 10 heteroatoms. The van der Waals surface area contributed by atoms with Gasteiger partial charge in [-0.1, -0.05) is 53.3 Å². The van der Waals surface area contributed by atoms with E-state index < -0.39 is 10.0 Å². The maximum absolute atomic E-state index is 12.9. The van der Waals surface area contributed by atoms with Crippen LogP contribution in [-0.4, -0.2) is 36.3 Å². The molecule has 2 aromatic heterocycles. The highest BCUT2D eigenvalue weighted by Gasteiger charge is 2.33. The summed E-state index contributed by atoms with van der Waals surface area (Å²) < 4.78 is 30.7. The number of hydrogen-bond acceptors (Lipinski definition) is 5. The third kappa shape index (κ3) is 3.82. The van der Waals surface area contributed by atoms with E-state index in [-0.39, 0.29) is 16.0 Å². The number of aromatic nitrogens is 1. The number of rotatable bonds is 3. The number of carbonyl (C=O) groups is 1. The van der Waals surface area contributed by atoms with Gasteiger partial charge in [0.15, 0.2) is 4.80 Å². The number of aryl methyl sites for hydroxylation is 1. The topological polar surface area (TPSA) is 71.7 Å². The number of piperidine rings is 1. The Hall–Kier alpha value is -2.04. The van der Waals surface area contributed by atoms with Crippen molar-refractivity contribution in [2.45, 2.75) is 17.1 Å². The molecule has 0 saturated carbocycles. The van der Waals surface area contributed by atoms with Gasteiger partial charge in [-0.25, -0.2) is 8.42 Å². The lowest BCUT2D eigenvalue weighted by Gasteiger charge is -2.29. The van der Waals surface area contributed by atoms with Crippen molar-refractivity contribution >= 4 is 71.2 Å². The van der Waals surface area contributed by atoms with Crippen molar-refractivity contribution in [2.75, 3.05) is 13.1 Å². The number of amides is 1. The van der Waals surface area contributed by atoms with Gasteiger partial charge < -0.3 is 4.57 Å². The molecule has 2 aromatic carbocycles. The van der Waals surface area contributed by atoms with Gasteiger partial charge in [0.25, 0.3) is 15.9 Å². The van der Waals surface area contributed by atoms with Crippen LogP contribution in [0.2, 0.25) is 4.34 Å². The van der Waals surface area contributed by atoms with E-state index in [1.54, 1.807) is 6.07 Å². The Morgan fingerprint density at radius 2 is 1.81 bits per heavy atom. The standard InChI is InChI=1S/C22H20ClN3O3S3/c1-25-17-7-6-14-4-2-3-5-16(14)20(17)31-22(25)24-21(27)15-10-12-26(13-11-15)32(28,29)19-9-8-18(23)30-19/h2-9,15H,10-13H2,1H3. The zero-order valence-corrected chi connectivity index (χ0v) is 20.4. The number of thiophene rings is 1. The van der Waals surface area contributed by atoms with Crippen LogP contribution in [0.3, 0.4) is 0 Å². The summed E-state index contributed by atoms with van der Waals surface area (Å²) in [5.74, 6) is -0.469. The Balaban J connectivity index is 1.37. The summed E-state index contributed by atoms with van der Waals surface area (Å²) in [4.78, 5) is 18.0. The number of benzene rings is 2. The van der Waals surface area contributed by atoms with E-state index in [4.69, 9.17) is 11.6 Å². The minimum absolute atomic E-state index is 0.187. The van der Waals surface area contributed by atoms with Crippen molar-refractivity contribution in [3.05, 3.63) is 57.7 Å². The number of carbonyl (C=O) groups excluding carboxylic acids is 1. The minimum Gasteiger partial charge on any atom is -0.319 e. The number of hydrogen-bond donors (Lipinski definition) is 0. The quantitative estimate of drug-likeness (QED) is 0.407. The zero-order valence-electron chi connectivity index (χ0n) is 17.2. The lowest BCUT2D eigenvalue weighted by Crippen LogP contribution is -2.40. The van der Waals surface area contributed by atoms with Crippen LogP contribution in [0.4, 0.5) is 0 Å². The van der Waals surface area contributed by atoms with Crippen LogP contribution in [0.25, 0.3) is 21.0 Å². The Bertz CT molecular complexity index is 1510. The van der Waals surface area contributed by atoms with Gasteiger partial charge in [-0.15, -0.1) is 11.3 Å². The zero-order chi connectivity index (χ0) is 22.5. The van der Waals surface area contributed by atoms with Crippen molar-refractivity contribution in [1.82, 2.24) is 8.87 Å². The highest BCUT2D eigenvalue weighted by Crippen LogP contribution is 2.31. The van der Waals surface area contributed by atoms with Gasteiger partial charge in [-0.05, 0) is 36.4 Å². The number of thiazole rings is 1. The van der Waals surface area contributed by atoms with E-state index >= 15 is 0 Å². The molecule has 1 aliphatic heterocycles. The van der Waals surface area contributed by atoms with Crippen LogP contribution in [0.1, 0.15) is 12.8 Å². The van der Waals surface area contributed by atoms with Crippen LogP contribution >= 0.6 is 34.3 Å². The van der Waals surface area contributed by atoms with E-state index in [1.165, 1.54) is 21.7 Å². The fourth-order valence-corrected chi connectivity index (χ4v) is 8.32. The Labute approximate surface area is 198 Å². The van der Waals surface area contributed by atoms with E-state index in [2.05, 4.69) is 29.3 Å². The average molecular weight is 506 g/mol. The molecule has 0 aliphatic carbocycles. The summed E-state index contributed by atoms with van der Waals surface area (Å²) in [5, 5.41) is 2.30. The minimum atomic E-state index is -3.57. The first-order valence-electron chi connectivity index (χ1n) is 10.2. The summed E-state index contributed by atoms with van der Waals surface area (Å²) in [7, 11) is -1.65. The van der Waals surface area contributed by atoms with Crippen LogP contribution in [0, 0.1) is 5.92 Å². The molecule has 6 nitrogen and oxygen atoms in total. The monoisotopic (exact) mass is 505 g/mol. The second-order valence-corrected chi connectivity index (χ2v) is 12.6. The third-order valence-electron chi connectivity index (χ3n) is 5.85. The maximum atomic E-state index is 12.9. The molecule has 0 atom stereocenters. The van der Waals surface area contributed by atoms with Crippen molar-refractivity contribution in [3.63, 3.8) is 0 Å². The van der Waals surface area contributed by atoms with Gasteiger partial charge in [0, 0.05) is 31.4 Å². The molecule has 0 unspecified atom stereocenters. The molecule has 32 heavy (non-hydrogen) atoms. The summed E-state index contributed by atoms with van der Waals surface area (Å²) in [5.41, 5.74) is 1.04. The van der Waals surface area contributed by atoms with Gasteiger partial charge in [-0.2, -0.15) is 9.30 Å². The van der Waals surface area contributed by atoms with Crippen molar-refractivity contribution in [2.24, 2.45) is 18.0 Å². The summed E-state index contributed by atoms with van der Waals surface area (Å²) in [6.45, 7) is 0.597. The molecular weight excluding hydrogens is 486 g/mol. The first-order chi connectivity index (χ1) is 15.3. The molecule has 5 rings (SSSR count). The average Bonchev–Trinajstić information content (AvgIpc) is 3.38. The molecule has 1 aliphatic rings. The molecule has 3 heterocycles. The SMILES string of the molecule is Cn1c(=NC(=O)C2CCN(S(=O)(=O)c3ccc(Cl)s3)CC2)sc2c3ccccc3ccc21. The summed E-state index contributed by atoms with van der Waals surface area (Å²) >= 11 is 8.46. The predicted octanol–water partition coefficient (Wildman–Crippen LogP) is 4.64. The molecule has 1 fully saturated rings. The fraction of sp³-hybridized carbons (Fsp3) is 0.273. The maximum Gasteiger partial charge on any atom is 0.252 e. The van der Waals surface area contributed by atoms with Crippen molar-refractivity contribution < 1.29 is 13.2 Å². The second kappa shape index (κ2) is 8.39. The Morgan fingerprint density at radius 3 is 2.53 bits per heavy atom. The van der Waals surface area contributed by atoms with E-state index in [1.807, 2.05) is 23.7 Å². The number of nitrogens with zero attached hydrogens (tertiary/aromatic N) is 3. The van der Waals surface area contributed by atoms with E-state index in [0.29, 0.717) is 35.1 Å². The molecule has 0 bridgehead atoms. The van der Waals surface area contributed by atoms with Gasteiger partial charge in [0.05, 0.1) is 14.6 Å². The van der Waals surface area contributed by atoms with Crippen LogP contribution in [0.15, 0.2) is 57.7 Å². The van der Waals surface area contributed by atoms with Crippen LogP contribution in [-0.2, 0) is 21.9 Å². The van der Waals surface area contributed by atoms with Crippen molar-refractivity contribution in [1.29, 1.82) is 0 Å². The van der Waals surface area contributed by atoms with Crippen LogP contribution < -0.4 is 4.80 Å². The molecule has 1 amide bonds. The lowest BCUT2D eigenvalue weighted by molar-refractivity contribution is -0.122. The van der Waals surface area contributed by atoms with Gasteiger partial charge in [0.1, 0.15) is 4.21 Å².